The lowest BCUT2D eigenvalue weighted by molar-refractivity contribution is -0.383. The average Bonchev–Trinajstić information content (AvgIpc) is 3.12. The summed E-state index contributed by atoms with van der Waals surface area (Å²) < 4.78 is 0. The summed E-state index contributed by atoms with van der Waals surface area (Å²) >= 11 is 0. The van der Waals surface area contributed by atoms with Crippen molar-refractivity contribution in [2.45, 2.75) is 18.9 Å². The van der Waals surface area contributed by atoms with Crippen LogP contribution < -0.4 is 11.1 Å². The van der Waals surface area contributed by atoms with Crippen LogP contribution in [-0.4, -0.2) is 34.2 Å². The number of hydrogen-bond acceptors (Lipinski definition) is 5. The quantitative estimate of drug-likeness (QED) is 0.496. The Balaban J connectivity index is 1.79. The van der Waals surface area contributed by atoms with Crippen LogP contribution in [0, 0.1) is 10.1 Å². The Morgan fingerprint density at radius 2 is 1.92 bits per heavy atom. The van der Waals surface area contributed by atoms with Gasteiger partial charge in [0.1, 0.15) is 11.7 Å². The molecule has 3 N–H and O–H groups in total. The summed E-state index contributed by atoms with van der Waals surface area (Å²) in [5, 5.41) is 13.8. The van der Waals surface area contributed by atoms with Crippen molar-refractivity contribution in [2.24, 2.45) is 0 Å². The molecule has 134 valence electrons. The molecule has 0 spiro atoms. The highest BCUT2D eigenvalue weighted by Crippen LogP contribution is 2.26. The highest BCUT2D eigenvalue weighted by atomic mass is 16.6. The Morgan fingerprint density at radius 1 is 1.19 bits per heavy atom. The minimum absolute atomic E-state index is 0.00802. The van der Waals surface area contributed by atoms with Crippen molar-refractivity contribution < 1.29 is 14.5 Å². The van der Waals surface area contributed by atoms with Crippen molar-refractivity contribution in [1.82, 2.24) is 4.90 Å². The van der Waals surface area contributed by atoms with Crippen molar-refractivity contribution in [1.29, 1.82) is 0 Å². The molecule has 1 aliphatic heterocycles. The molecule has 0 saturated carbocycles. The fourth-order valence-corrected chi connectivity index (χ4v) is 3.03. The molecule has 1 heterocycles. The maximum absolute atomic E-state index is 12.8. The molecular weight excluding hydrogens is 336 g/mol. The second kappa shape index (κ2) is 7.22. The number of carbonyl (C=O) groups is 2. The van der Waals surface area contributed by atoms with E-state index in [1.807, 2.05) is 6.07 Å². The van der Waals surface area contributed by atoms with Gasteiger partial charge in [0.25, 0.3) is 11.6 Å². The first-order valence-electron chi connectivity index (χ1n) is 8.18. The summed E-state index contributed by atoms with van der Waals surface area (Å²) in [6, 6.07) is 12.3. The highest BCUT2D eigenvalue weighted by Gasteiger charge is 2.35. The van der Waals surface area contributed by atoms with Gasteiger partial charge in [-0.2, -0.15) is 0 Å². The van der Waals surface area contributed by atoms with Crippen LogP contribution in [0.3, 0.4) is 0 Å². The summed E-state index contributed by atoms with van der Waals surface area (Å²) in [6.07, 6.45) is 1.23. The molecule has 2 aromatic rings. The average molecular weight is 354 g/mol. The van der Waals surface area contributed by atoms with E-state index in [1.54, 1.807) is 24.3 Å². The van der Waals surface area contributed by atoms with Crippen LogP contribution >= 0.6 is 0 Å². The Bertz CT molecular complexity index is 854. The van der Waals surface area contributed by atoms with Crippen LogP contribution in [-0.2, 0) is 4.79 Å². The fourth-order valence-electron chi connectivity index (χ4n) is 3.03. The number of nitro groups is 1. The second-order valence-electron chi connectivity index (χ2n) is 6.04. The van der Waals surface area contributed by atoms with Crippen molar-refractivity contribution in [3.8, 4) is 0 Å². The highest BCUT2D eigenvalue weighted by molar-refractivity contribution is 6.02. The second-order valence-corrected chi connectivity index (χ2v) is 6.04. The number of hydrogen-bond donors (Lipinski definition) is 2. The molecule has 1 atom stereocenters. The number of nitrogens with zero attached hydrogens (tertiary/aromatic N) is 2. The number of nitrogen functional groups attached to an aromatic ring is 1. The van der Waals surface area contributed by atoms with Gasteiger partial charge in [0.05, 0.1) is 4.92 Å². The van der Waals surface area contributed by atoms with Gasteiger partial charge in [0, 0.05) is 23.9 Å². The standard InChI is InChI=1S/C18H18N4O4/c19-14-9-8-12(11-16(14)22(25)26)18(24)21-10-4-7-15(21)17(23)20-13-5-2-1-3-6-13/h1-3,5-6,8-9,11,15H,4,7,10,19H2,(H,20,23)/t15-/m0/s1. The van der Waals surface area contributed by atoms with Gasteiger partial charge >= 0.3 is 0 Å². The molecule has 0 radical (unpaired) electrons. The Morgan fingerprint density at radius 3 is 2.62 bits per heavy atom. The van der Waals surface area contributed by atoms with Crippen molar-refractivity contribution in [2.75, 3.05) is 17.6 Å². The summed E-state index contributed by atoms with van der Waals surface area (Å²) in [4.78, 5) is 37.2. The van der Waals surface area contributed by atoms with Gasteiger partial charge in [-0.25, -0.2) is 0 Å². The summed E-state index contributed by atoms with van der Waals surface area (Å²) in [5.74, 6) is -0.689. The van der Waals surface area contributed by atoms with E-state index in [1.165, 1.54) is 17.0 Å². The Kier molecular flexibility index (Phi) is 4.83. The van der Waals surface area contributed by atoms with E-state index in [0.29, 0.717) is 25.1 Å². The van der Waals surface area contributed by atoms with E-state index < -0.39 is 16.9 Å². The predicted octanol–water partition coefficient (Wildman–Crippen LogP) is 2.42. The summed E-state index contributed by atoms with van der Waals surface area (Å²) in [5.41, 5.74) is 6.04. The lowest BCUT2D eigenvalue weighted by Crippen LogP contribution is -2.43. The molecule has 0 bridgehead atoms. The van der Waals surface area contributed by atoms with Crippen LogP contribution in [0.2, 0.25) is 0 Å². The molecule has 3 rings (SSSR count). The molecule has 8 nitrogen and oxygen atoms in total. The van der Waals surface area contributed by atoms with E-state index in [0.717, 1.165) is 6.07 Å². The minimum Gasteiger partial charge on any atom is -0.393 e. The first-order valence-corrected chi connectivity index (χ1v) is 8.18. The SMILES string of the molecule is Nc1ccc(C(=O)N2CCC[C@H]2C(=O)Nc2ccccc2)cc1[N+](=O)[O-]. The van der Waals surface area contributed by atoms with E-state index in [2.05, 4.69) is 5.32 Å². The normalized spacial score (nSPS) is 16.3. The van der Waals surface area contributed by atoms with E-state index in [-0.39, 0.29) is 22.8 Å². The smallest absolute Gasteiger partial charge is 0.292 e. The summed E-state index contributed by atoms with van der Waals surface area (Å²) in [6.45, 7) is 0.421. The number of nitrogens with one attached hydrogen (secondary N) is 1. The lowest BCUT2D eigenvalue weighted by Gasteiger charge is -2.24. The van der Waals surface area contributed by atoms with Crippen LogP contribution in [0.15, 0.2) is 48.5 Å². The number of carbonyl (C=O) groups excluding carboxylic acids is 2. The lowest BCUT2D eigenvalue weighted by atomic mass is 10.1. The van der Waals surface area contributed by atoms with Crippen LogP contribution in [0.25, 0.3) is 0 Å². The largest absolute Gasteiger partial charge is 0.393 e. The molecule has 1 saturated heterocycles. The molecule has 1 aliphatic rings. The third kappa shape index (κ3) is 3.49. The van der Waals surface area contributed by atoms with Crippen molar-refractivity contribution >= 4 is 28.9 Å². The number of benzene rings is 2. The monoisotopic (exact) mass is 354 g/mol. The number of nitrogens with two attached hydrogens (primary N) is 1. The van der Waals surface area contributed by atoms with Crippen LogP contribution in [0.1, 0.15) is 23.2 Å². The topological polar surface area (TPSA) is 119 Å². The van der Waals surface area contributed by atoms with E-state index >= 15 is 0 Å². The number of anilines is 2. The molecule has 0 aromatic heterocycles. The minimum atomic E-state index is -0.629. The van der Waals surface area contributed by atoms with Gasteiger partial charge in [-0.15, -0.1) is 0 Å². The first kappa shape index (κ1) is 17.4. The van der Waals surface area contributed by atoms with Crippen LogP contribution in [0.5, 0.6) is 0 Å². The number of para-hydroxylation sites is 1. The molecule has 1 fully saturated rings. The molecular formula is C18H18N4O4. The Hall–Kier alpha value is -3.42. The van der Waals surface area contributed by atoms with Gasteiger partial charge in [0.2, 0.25) is 5.91 Å². The zero-order valence-electron chi connectivity index (χ0n) is 13.9. The van der Waals surface area contributed by atoms with E-state index in [9.17, 15) is 19.7 Å². The van der Waals surface area contributed by atoms with Crippen molar-refractivity contribution in [3.05, 3.63) is 64.2 Å². The van der Waals surface area contributed by atoms with Gasteiger partial charge in [0.15, 0.2) is 0 Å². The van der Waals surface area contributed by atoms with Gasteiger partial charge < -0.3 is 16.0 Å². The molecule has 8 heteroatoms. The third-order valence-electron chi connectivity index (χ3n) is 4.33. The number of amides is 2. The molecule has 2 aromatic carbocycles. The van der Waals surface area contributed by atoms with E-state index in [4.69, 9.17) is 5.73 Å². The summed E-state index contributed by atoms with van der Waals surface area (Å²) in [7, 11) is 0. The molecule has 0 aliphatic carbocycles. The maximum atomic E-state index is 12.8. The Labute approximate surface area is 149 Å². The zero-order valence-corrected chi connectivity index (χ0v) is 13.9. The number of nitro benzene ring substituents is 1. The number of rotatable bonds is 4. The first-order chi connectivity index (χ1) is 12.5. The molecule has 26 heavy (non-hydrogen) atoms. The number of likely N-dealkylation sites (tertiary alicyclic amines) is 1. The maximum Gasteiger partial charge on any atom is 0.292 e. The zero-order chi connectivity index (χ0) is 18.7. The van der Waals surface area contributed by atoms with Gasteiger partial charge in [-0.3, -0.25) is 19.7 Å². The molecule has 2 amide bonds. The fraction of sp³-hybridized carbons (Fsp3) is 0.222. The van der Waals surface area contributed by atoms with Crippen LogP contribution in [0.4, 0.5) is 17.1 Å². The van der Waals surface area contributed by atoms with Gasteiger partial charge in [-0.05, 0) is 37.1 Å². The predicted molar refractivity (Wildman–Crippen MR) is 96.6 cm³/mol. The van der Waals surface area contributed by atoms with Crippen molar-refractivity contribution in [3.63, 3.8) is 0 Å². The third-order valence-corrected chi connectivity index (χ3v) is 4.33. The molecule has 0 unspecified atom stereocenters. The van der Waals surface area contributed by atoms with Gasteiger partial charge in [-0.1, -0.05) is 18.2 Å².